The van der Waals surface area contributed by atoms with Crippen LogP contribution >= 0.6 is 0 Å². The van der Waals surface area contributed by atoms with E-state index in [0.29, 0.717) is 0 Å². The summed E-state index contributed by atoms with van der Waals surface area (Å²) in [4.78, 5) is 10.9. The zero-order chi connectivity index (χ0) is 14.9. The Labute approximate surface area is 116 Å². The molecule has 0 saturated heterocycles. The lowest BCUT2D eigenvalue weighted by Crippen LogP contribution is -2.29. The standard InChI is InChI=1S/C16H26O3/c1-14(2,3)18-19-16(6,7)13-10-8-12(9-11-13)15(4,5)17/h8-11,17H,1-7H3. The summed E-state index contributed by atoms with van der Waals surface area (Å²) in [5, 5.41) is 9.94. The van der Waals surface area contributed by atoms with Crippen molar-refractivity contribution in [2.45, 2.75) is 65.3 Å². The van der Waals surface area contributed by atoms with Crippen LogP contribution in [0.5, 0.6) is 0 Å². The van der Waals surface area contributed by atoms with Gasteiger partial charge in [-0.25, -0.2) is 9.78 Å². The molecule has 0 unspecified atom stereocenters. The van der Waals surface area contributed by atoms with Crippen LogP contribution in [-0.2, 0) is 21.0 Å². The van der Waals surface area contributed by atoms with E-state index in [0.717, 1.165) is 11.1 Å². The van der Waals surface area contributed by atoms with Crippen LogP contribution in [-0.4, -0.2) is 10.7 Å². The number of benzene rings is 1. The Morgan fingerprint density at radius 1 is 0.737 bits per heavy atom. The minimum atomic E-state index is -0.828. The molecule has 3 heteroatoms. The predicted molar refractivity (Wildman–Crippen MR) is 76.6 cm³/mol. The Kier molecular flexibility index (Phi) is 4.45. The van der Waals surface area contributed by atoms with E-state index in [1.165, 1.54) is 0 Å². The van der Waals surface area contributed by atoms with Crippen LogP contribution in [0.15, 0.2) is 24.3 Å². The van der Waals surface area contributed by atoms with Crippen LogP contribution in [0, 0.1) is 0 Å². The van der Waals surface area contributed by atoms with Gasteiger partial charge in [0.25, 0.3) is 0 Å². The summed E-state index contributed by atoms with van der Waals surface area (Å²) < 4.78 is 0. The number of hydrogen-bond donors (Lipinski definition) is 1. The van der Waals surface area contributed by atoms with Crippen molar-refractivity contribution in [2.75, 3.05) is 0 Å². The average Bonchev–Trinajstić information content (AvgIpc) is 2.25. The largest absolute Gasteiger partial charge is 0.386 e. The Morgan fingerprint density at radius 3 is 1.53 bits per heavy atom. The number of aliphatic hydroxyl groups is 1. The van der Waals surface area contributed by atoms with Crippen molar-refractivity contribution >= 4 is 0 Å². The van der Waals surface area contributed by atoms with Gasteiger partial charge in [0.15, 0.2) is 0 Å². The molecular formula is C16H26O3. The van der Waals surface area contributed by atoms with Crippen molar-refractivity contribution in [2.24, 2.45) is 0 Å². The molecule has 0 aliphatic heterocycles. The highest BCUT2D eigenvalue weighted by Crippen LogP contribution is 2.29. The first kappa shape index (κ1) is 16.2. The number of hydrogen-bond acceptors (Lipinski definition) is 3. The van der Waals surface area contributed by atoms with Crippen LogP contribution in [0.4, 0.5) is 0 Å². The lowest BCUT2D eigenvalue weighted by molar-refractivity contribution is -0.401. The Bertz CT molecular complexity index is 405. The zero-order valence-corrected chi connectivity index (χ0v) is 13.1. The lowest BCUT2D eigenvalue weighted by Gasteiger charge is -2.29. The zero-order valence-electron chi connectivity index (χ0n) is 13.1. The molecule has 19 heavy (non-hydrogen) atoms. The smallest absolute Gasteiger partial charge is 0.123 e. The van der Waals surface area contributed by atoms with Gasteiger partial charge < -0.3 is 5.11 Å². The van der Waals surface area contributed by atoms with Gasteiger partial charge in [-0.2, -0.15) is 0 Å². The molecule has 1 rings (SSSR count). The van der Waals surface area contributed by atoms with Crippen LogP contribution in [0.2, 0.25) is 0 Å². The van der Waals surface area contributed by atoms with Gasteiger partial charge in [0.2, 0.25) is 0 Å². The molecular weight excluding hydrogens is 240 g/mol. The van der Waals surface area contributed by atoms with Crippen molar-refractivity contribution in [3.8, 4) is 0 Å². The highest BCUT2D eigenvalue weighted by Gasteiger charge is 2.26. The molecule has 0 atom stereocenters. The van der Waals surface area contributed by atoms with Crippen molar-refractivity contribution in [3.63, 3.8) is 0 Å². The van der Waals surface area contributed by atoms with E-state index in [1.807, 2.05) is 58.9 Å². The SMILES string of the molecule is CC(C)(C)OOC(C)(C)c1ccc(C(C)(C)O)cc1. The van der Waals surface area contributed by atoms with Gasteiger partial charge in [0, 0.05) is 0 Å². The maximum Gasteiger partial charge on any atom is 0.123 e. The monoisotopic (exact) mass is 266 g/mol. The van der Waals surface area contributed by atoms with E-state index in [2.05, 4.69) is 0 Å². The maximum absolute atomic E-state index is 9.94. The molecule has 0 saturated carbocycles. The third-order valence-corrected chi connectivity index (χ3v) is 2.79. The van der Waals surface area contributed by atoms with Gasteiger partial charge in [0.1, 0.15) is 5.60 Å². The van der Waals surface area contributed by atoms with Gasteiger partial charge in [-0.15, -0.1) is 0 Å². The van der Waals surface area contributed by atoms with Crippen molar-refractivity contribution in [3.05, 3.63) is 35.4 Å². The van der Waals surface area contributed by atoms with E-state index < -0.39 is 11.2 Å². The third kappa shape index (κ3) is 4.94. The topological polar surface area (TPSA) is 38.7 Å². The fourth-order valence-corrected chi connectivity index (χ4v) is 1.56. The summed E-state index contributed by atoms with van der Waals surface area (Å²) in [5.41, 5.74) is 0.176. The van der Waals surface area contributed by atoms with E-state index in [4.69, 9.17) is 9.78 Å². The molecule has 0 amide bonds. The molecule has 1 aromatic carbocycles. The highest BCUT2D eigenvalue weighted by atomic mass is 17.2. The predicted octanol–water partition coefficient (Wildman–Crippen LogP) is 3.90. The van der Waals surface area contributed by atoms with Crippen molar-refractivity contribution in [1.29, 1.82) is 0 Å². The second-order valence-corrected chi connectivity index (χ2v) is 6.93. The lowest BCUT2D eigenvalue weighted by atomic mass is 9.92. The molecule has 0 aromatic heterocycles. The van der Waals surface area contributed by atoms with Crippen LogP contribution in [0.1, 0.15) is 59.6 Å². The minimum absolute atomic E-state index is 0.343. The van der Waals surface area contributed by atoms with E-state index in [9.17, 15) is 5.11 Å². The second-order valence-electron chi connectivity index (χ2n) is 6.93. The molecule has 0 bridgehead atoms. The first-order valence-corrected chi connectivity index (χ1v) is 6.62. The van der Waals surface area contributed by atoms with Crippen molar-refractivity contribution in [1.82, 2.24) is 0 Å². The minimum Gasteiger partial charge on any atom is -0.386 e. The fourth-order valence-electron chi connectivity index (χ4n) is 1.56. The fraction of sp³-hybridized carbons (Fsp3) is 0.625. The second kappa shape index (κ2) is 5.23. The van der Waals surface area contributed by atoms with Crippen molar-refractivity contribution < 1.29 is 14.9 Å². The molecule has 3 nitrogen and oxygen atoms in total. The van der Waals surface area contributed by atoms with Gasteiger partial charge in [0.05, 0.1) is 11.2 Å². The van der Waals surface area contributed by atoms with Gasteiger partial charge in [-0.05, 0) is 59.6 Å². The Morgan fingerprint density at radius 2 is 1.16 bits per heavy atom. The first-order chi connectivity index (χ1) is 8.42. The average molecular weight is 266 g/mol. The molecule has 108 valence electrons. The molecule has 0 fully saturated rings. The summed E-state index contributed by atoms with van der Waals surface area (Å²) in [5.74, 6) is 0. The van der Waals surface area contributed by atoms with Crippen LogP contribution in [0.25, 0.3) is 0 Å². The third-order valence-electron chi connectivity index (χ3n) is 2.79. The molecule has 0 spiro atoms. The van der Waals surface area contributed by atoms with E-state index in [1.54, 1.807) is 13.8 Å². The normalized spacial score (nSPS) is 13.7. The Balaban J connectivity index is 2.85. The quantitative estimate of drug-likeness (QED) is 0.663. The summed E-state index contributed by atoms with van der Waals surface area (Å²) in [6.07, 6.45) is 0. The van der Waals surface area contributed by atoms with Crippen LogP contribution < -0.4 is 0 Å². The Hall–Kier alpha value is -0.900. The summed E-state index contributed by atoms with van der Waals surface area (Å²) >= 11 is 0. The van der Waals surface area contributed by atoms with Crippen LogP contribution in [0.3, 0.4) is 0 Å². The summed E-state index contributed by atoms with van der Waals surface area (Å²) in [6.45, 7) is 13.3. The first-order valence-electron chi connectivity index (χ1n) is 6.62. The van der Waals surface area contributed by atoms with Gasteiger partial charge in [-0.1, -0.05) is 24.3 Å². The molecule has 1 N–H and O–H groups in total. The molecule has 0 heterocycles. The maximum atomic E-state index is 9.94. The van der Waals surface area contributed by atoms with E-state index in [-0.39, 0.29) is 5.60 Å². The summed E-state index contributed by atoms with van der Waals surface area (Å²) in [6, 6.07) is 7.74. The molecule has 0 aliphatic carbocycles. The van der Waals surface area contributed by atoms with Gasteiger partial charge in [-0.3, -0.25) is 0 Å². The molecule has 1 aromatic rings. The highest BCUT2D eigenvalue weighted by molar-refractivity contribution is 5.29. The molecule has 0 aliphatic rings. The van der Waals surface area contributed by atoms with Gasteiger partial charge >= 0.3 is 0 Å². The summed E-state index contributed by atoms with van der Waals surface area (Å²) in [7, 11) is 0. The molecule has 0 radical (unpaired) electrons. The number of rotatable bonds is 4. The van der Waals surface area contributed by atoms with E-state index >= 15 is 0 Å².